The normalized spacial score (nSPS) is 13.6. The van der Waals surface area contributed by atoms with Gasteiger partial charge >= 0.3 is 0 Å². The van der Waals surface area contributed by atoms with E-state index in [1.54, 1.807) is 17.5 Å². The van der Waals surface area contributed by atoms with E-state index in [2.05, 4.69) is 15.4 Å². The first-order chi connectivity index (χ1) is 10.3. The molecule has 3 aromatic rings. The molecule has 3 aromatic heterocycles. The predicted molar refractivity (Wildman–Crippen MR) is 85.2 cm³/mol. The topological polar surface area (TPSA) is 76.7 Å². The lowest BCUT2D eigenvalue weighted by Gasteiger charge is -2.08. The lowest BCUT2D eigenvalue weighted by molar-refractivity contribution is 0.917. The number of hydrogen-bond acceptors (Lipinski definition) is 6. The minimum Gasteiger partial charge on any atom is -0.308 e. The first-order valence-electron chi connectivity index (χ1n) is 6.98. The summed E-state index contributed by atoms with van der Waals surface area (Å²) in [4.78, 5) is 16.0. The van der Waals surface area contributed by atoms with Gasteiger partial charge in [-0.25, -0.2) is 15.8 Å². The number of hydrogen-bond donors (Lipinski definition) is 2. The summed E-state index contributed by atoms with van der Waals surface area (Å²) in [5.41, 5.74) is 6.19. The van der Waals surface area contributed by atoms with E-state index in [1.807, 2.05) is 19.2 Å². The third kappa shape index (κ3) is 1.91. The number of anilines is 1. The van der Waals surface area contributed by atoms with Crippen molar-refractivity contribution in [3.63, 3.8) is 0 Å². The van der Waals surface area contributed by atoms with Gasteiger partial charge in [-0.2, -0.15) is 0 Å². The molecule has 0 fully saturated rings. The average Bonchev–Trinajstić information content (AvgIpc) is 3.07. The monoisotopic (exact) mass is 297 g/mol. The molecule has 0 radical (unpaired) electrons. The molecule has 4 rings (SSSR count). The van der Waals surface area contributed by atoms with Crippen molar-refractivity contribution in [3.8, 4) is 11.4 Å². The van der Waals surface area contributed by atoms with Crippen LogP contribution < -0.4 is 11.3 Å². The second-order valence-corrected chi connectivity index (χ2v) is 6.35. The molecule has 1 aliphatic rings. The van der Waals surface area contributed by atoms with Crippen LogP contribution in [0, 0.1) is 6.92 Å². The largest absolute Gasteiger partial charge is 0.308 e. The molecule has 0 saturated heterocycles. The number of pyridine rings is 1. The van der Waals surface area contributed by atoms with Crippen LogP contribution >= 0.6 is 11.3 Å². The Kier molecular flexibility index (Phi) is 2.87. The van der Waals surface area contributed by atoms with Crippen LogP contribution in [0.5, 0.6) is 0 Å². The van der Waals surface area contributed by atoms with E-state index in [0.29, 0.717) is 5.82 Å². The smallest absolute Gasteiger partial charge is 0.163 e. The van der Waals surface area contributed by atoms with Crippen molar-refractivity contribution in [2.24, 2.45) is 5.84 Å². The summed E-state index contributed by atoms with van der Waals surface area (Å²) in [6.45, 7) is 2.01. The molecule has 0 unspecified atom stereocenters. The molecule has 21 heavy (non-hydrogen) atoms. The number of nitrogens with one attached hydrogen (secondary N) is 1. The fraction of sp³-hybridized carbons (Fsp3) is 0.267. The summed E-state index contributed by atoms with van der Waals surface area (Å²) in [5.74, 6) is 7.14. The van der Waals surface area contributed by atoms with Gasteiger partial charge in [0.15, 0.2) is 11.6 Å². The quantitative estimate of drug-likeness (QED) is 0.562. The molecule has 0 bridgehead atoms. The molecular weight excluding hydrogens is 282 g/mol. The number of nitrogens with zero attached hydrogens (tertiary/aromatic N) is 3. The van der Waals surface area contributed by atoms with Gasteiger partial charge in [0.1, 0.15) is 4.83 Å². The zero-order valence-corrected chi connectivity index (χ0v) is 12.5. The average molecular weight is 297 g/mol. The highest BCUT2D eigenvalue weighted by molar-refractivity contribution is 7.19. The summed E-state index contributed by atoms with van der Waals surface area (Å²) < 4.78 is 0. The number of nitrogens with two attached hydrogens (primary N) is 1. The maximum Gasteiger partial charge on any atom is 0.163 e. The maximum absolute atomic E-state index is 5.71. The highest BCUT2D eigenvalue weighted by atomic mass is 32.1. The molecule has 3 heterocycles. The van der Waals surface area contributed by atoms with Crippen LogP contribution in [0.15, 0.2) is 18.5 Å². The first-order valence-corrected chi connectivity index (χ1v) is 7.79. The Morgan fingerprint density at radius 1 is 1.29 bits per heavy atom. The number of thiophene rings is 1. The van der Waals surface area contributed by atoms with Gasteiger partial charge in [-0.1, -0.05) is 0 Å². The van der Waals surface area contributed by atoms with Crippen molar-refractivity contribution in [1.82, 2.24) is 15.0 Å². The van der Waals surface area contributed by atoms with Gasteiger partial charge in [0.25, 0.3) is 0 Å². The molecule has 0 amide bonds. The summed E-state index contributed by atoms with van der Waals surface area (Å²) >= 11 is 1.77. The lowest BCUT2D eigenvalue weighted by Crippen LogP contribution is -2.10. The standard InChI is InChI=1S/C15H15N5S/c1-8-7-17-6-5-9(8)13-18-14(20-16)12-10-3-2-4-11(10)21-15(12)19-13/h5-7H,2-4,16H2,1H3,(H,18,19,20). The van der Waals surface area contributed by atoms with Gasteiger partial charge in [-0.05, 0) is 43.4 Å². The number of fused-ring (bicyclic) bond motifs is 3. The third-order valence-electron chi connectivity index (χ3n) is 3.96. The summed E-state index contributed by atoms with van der Waals surface area (Å²) in [5, 5.41) is 1.10. The molecule has 0 saturated carbocycles. The molecule has 5 nitrogen and oxygen atoms in total. The zero-order valence-electron chi connectivity index (χ0n) is 11.7. The molecule has 0 atom stereocenters. The number of aromatic nitrogens is 3. The van der Waals surface area contributed by atoms with Crippen molar-refractivity contribution in [1.29, 1.82) is 0 Å². The molecule has 6 heteroatoms. The Labute approximate surface area is 126 Å². The van der Waals surface area contributed by atoms with E-state index >= 15 is 0 Å². The van der Waals surface area contributed by atoms with Crippen LogP contribution in [0.3, 0.4) is 0 Å². The fourth-order valence-electron chi connectivity index (χ4n) is 2.94. The number of hydrazine groups is 1. The fourth-order valence-corrected chi connectivity index (χ4v) is 4.21. The Bertz CT molecular complexity index is 839. The highest BCUT2D eigenvalue weighted by Crippen LogP contribution is 2.40. The Morgan fingerprint density at radius 3 is 3.00 bits per heavy atom. The molecular formula is C15H15N5S. The van der Waals surface area contributed by atoms with E-state index in [4.69, 9.17) is 10.8 Å². The number of aryl methyl sites for hydroxylation is 3. The Morgan fingerprint density at radius 2 is 2.19 bits per heavy atom. The van der Waals surface area contributed by atoms with E-state index in [0.717, 1.165) is 40.0 Å². The summed E-state index contributed by atoms with van der Waals surface area (Å²) in [7, 11) is 0. The van der Waals surface area contributed by atoms with Crippen LogP contribution in [0.25, 0.3) is 21.6 Å². The van der Waals surface area contributed by atoms with Crippen molar-refractivity contribution in [2.45, 2.75) is 26.2 Å². The zero-order chi connectivity index (χ0) is 14.4. The van der Waals surface area contributed by atoms with Gasteiger partial charge in [0.2, 0.25) is 0 Å². The van der Waals surface area contributed by atoms with Crippen LogP contribution in [0.4, 0.5) is 5.82 Å². The van der Waals surface area contributed by atoms with Crippen LogP contribution in [-0.2, 0) is 12.8 Å². The molecule has 1 aliphatic carbocycles. The maximum atomic E-state index is 5.71. The predicted octanol–water partition coefficient (Wildman–Crippen LogP) is 2.84. The van der Waals surface area contributed by atoms with Gasteiger partial charge in [-0.3, -0.25) is 4.98 Å². The Hall–Kier alpha value is -2.05. The lowest BCUT2D eigenvalue weighted by atomic mass is 10.1. The third-order valence-corrected chi connectivity index (χ3v) is 5.15. The van der Waals surface area contributed by atoms with Crippen LogP contribution in [-0.4, -0.2) is 15.0 Å². The van der Waals surface area contributed by atoms with Crippen molar-refractivity contribution in [3.05, 3.63) is 34.5 Å². The van der Waals surface area contributed by atoms with Gasteiger partial charge in [-0.15, -0.1) is 11.3 Å². The number of nitrogen functional groups attached to an aromatic ring is 1. The van der Waals surface area contributed by atoms with E-state index in [-0.39, 0.29) is 0 Å². The van der Waals surface area contributed by atoms with Gasteiger partial charge in [0, 0.05) is 22.8 Å². The van der Waals surface area contributed by atoms with Crippen molar-refractivity contribution < 1.29 is 0 Å². The van der Waals surface area contributed by atoms with E-state index in [1.165, 1.54) is 16.9 Å². The number of rotatable bonds is 2. The molecule has 106 valence electrons. The van der Waals surface area contributed by atoms with Crippen LogP contribution in [0.2, 0.25) is 0 Å². The van der Waals surface area contributed by atoms with Gasteiger partial charge in [0.05, 0.1) is 5.39 Å². The first kappa shape index (κ1) is 12.7. The summed E-state index contributed by atoms with van der Waals surface area (Å²) in [6.07, 6.45) is 7.05. The second kappa shape index (κ2) is 4.75. The van der Waals surface area contributed by atoms with Gasteiger partial charge < -0.3 is 5.43 Å². The molecule has 0 aromatic carbocycles. The molecule has 0 aliphatic heterocycles. The van der Waals surface area contributed by atoms with Crippen molar-refractivity contribution in [2.75, 3.05) is 5.43 Å². The second-order valence-electron chi connectivity index (χ2n) is 5.27. The minimum atomic E-state index is 0.704. The van der Waals surface area contributed by atoms with Crippen LogP contribution in [0.1, 0.15) is 22.4 Å². The molecule has 3 N–H and O–H groups in total. The highest BCUT2D eigenvalue weighted by Gasteiger charge is 2.22. The Balaban J connectivity index is 1.99. The summed E-state index contributed by atoms with van der Waals surface area (Å²) in [6, 6.07) is 1.94. The molecule has 0 spiro atoms. The van der Waals surface area contributed by atoms with E-state index < -0.39 is 0 Å². The van der Waals surface area contributed by atoms with E-state index in [9.17, 15) is 0 Å². The SMILES string of the molecule is Cc1cnccc1-c1nc(NN)c2c3c(sc2n1)CCC3. The van der Waals surface area contributed by atoms with Crippen molar-refractivity contribution >= 4 is 27.4 Å². The minimum absolute atomic E-state index is 0.704.